The Bertz CT molecular complexity index is 889. The molecule has 0 bridgehead atoms. The van der Waals surface area contributed by atoms with E-state index in [-0.39, 0.29) is 5.91 Å². The predicted octanol–water partition coefficient (Wildman–Crippen LogP) is 4.15. The van der Waals surface area contributed by atoms with Crippen LogP contribution in [0.25, 0.3) is 0 Å². The number of methoxy groups -OCH3 is 1. The summed E-state index contributed by atoms with van der Waals surface area (Å²) in [6, 6.07) is 18.7. The highest BCUT2D eigenvalue weighted by Crippen LogP contribution is 2.19. The summed E-state index contributed by atoms with van der Waals surface area (Å²) in [5.41, 5.74) is 3.20. The number of ether oxygens (including phenoxy) is 1. The standard InChI is InChI=1S/C21H22N4O2/c1-25(2)18-9-5-17(6-10-18)24-21(26)15-4-13-20(22-14-15)23-16-7-11-19(27-3)12-8-16/h4-14H,1-3H3,(H,22,23)(H,24,26). The Morgan fingerprint density at radius 2 is 1.59 bits per heavy atom. The molecule has 1 amide bonds. The Labute approximate surface area is 158 Å². The first-order valence-corrected chi connectivity index (χ1v) is 8.51. The van der Waals surface area contributed by atoms with Crippen LogP contribution in [-0.4, -0.2) is 32.1 Å². The first-order chi connectivity index (χ1) is 13.0. The van der Waals surface area contributed by atoms with E-state index in [2.05, 4.69) is 15.6 Å². The molecule has 0 unspecified atom stereocenters. The minimum absolute atomic E-state index is 0.198. The van der Waals surface area contributed by atoms with Crippen molar-refractivity contribution in [2.45, 2.75) is 0 Å². The zero-order valence-electron chi connectivity index (χ0n) is 15.6. The van der Waals surface area contributed by atoms with E-state index in [4.69, 9.17) is 4.74 Å². The van der Waals surface area contributed by atoms with Crippen LogP contribution in [0.15, 0.2) is 66.9 Å². The molecule has 138 valence electrons. The normalized spacial score (nSPS) is 10.2. The van der Waals surface area contributed by atoms with Crippen LogP contribution in [0.4, 0.5) is 22.9 Å². The number of pyridine rings is 1. The van der Waals surface area contributed by atoms with Crippen LogP contribution in [0, 0.1) is 0 Å². The number of carbonyl (C=O) groups is 1. The zero-order valence-corrected chi connectivity index (χ0v) is 15.6. The Morgan fingerprint density at radius 1 is 0.926 bits per heavy atom. The van der Waals surface area contributed by atoms with Gasteiger partial charge in [-0.3, -0.25) is 4.79 Å². The molecule has 3 rings (SSSR count). The maximum absolute atomic E-state index is 12.4. The van der Waals surface area contributed by atoms with Gasteiger partial charge in [-0.05, 0) is 60.7 Å². The molecule has 0 fully saturated rings. The second-order valence-electron chi connectivity index (χ2n) is 6.18. The molecule has 3 aromatic rings. The molecule has 2 aromatic carbocycles. The second kappa shape index (κ2) is 8.23. The number of amides is 1. The quantitative estimate of drug-likeness (QED) is 0.689. The van der Waals surface area contributed by atoms with E-state index in [1.54, 1.807) is 25.4 Å². The Hall–Kier alpha value is -3.54. The molecule has 0 radical (unpaired) electrons. The molecule has 1 heterocycles. The summed E-state index contributed by atoms with van der Waals surface area (Å²) in [7, 11) is 5.58. The lowest BCUT2D eigenvalue weighted by atomic mass is 10.2. The number of nitrogens with zero attached hydrogens (tertiary/aromatic N) is 2. The van der Waals surface area contributed by atoms with E-state index in [0.29, 0.717) is 11.4 Å². The summed E-state index contributed by atoms with van der Waals surface area (Å²) in [5.74, 6) is 1.25. The molecule has 0 aliphatic rings. The van der Waals surface area contributed by atoms with Crippen LogP contribution in [0.3, 0.4) is 0 Å². The lowest BCUT2D eigenvalue weighted by molar-refractivity contribution is 0.102. The number of hydrogen-bond acceptors (Lipinski definition) is 5. The average Bonchev–Trinajstić information content (AvgIpc) is 2.69. The van der Waals surface area contributed by atoms with Crippen molar-refractivity contribution < 1.29 is 9.53 Å². The fourth-order valence-corrected chi connectivity index (χ4v) is 2.47. The number of carbonyl (C=O) groups excluding carboxylic acids is 1. The molecule has 6 nitrogen and oxygen atoms in total. The van der Waals surface area contributed by atoms with Gasteiger partial charge in [-0.2, -0.15) is 0 Å². The predicted molar refractivity (Wildman–Crippen MR) is 109 cm³/mol. The topological polar surface area (TPSA) is 66.5 Å². The van der Waals surface area contributed by atoms with Crippen molar-refractivity contribution in [2.75, 3.05) is 36.7 Å². The van der Waals surface area contributed by atoms with E-state index in [0.717, 1.165) is 22.8 Å². The Morgan fingerprint density at radius 3 is 2.15 bits per heavy atom. The molecule has 0 saturated heterocycles. The van der Waals surface area contributed by atoms with Gasteiger partial charge in [0.25, 0.3) is 5.91 Å². The maximum atomic E-state index is 12.4. The molecule has 0 spiro atoms. The fraction of sp³-hybridized carbons (Fsp3) is 0.143. The van der Waals surface area contributed by atoms with Crippen molar-refractivity contribution >= 4 is 28.8 Å². The van der Waals surface area contributed by atoms with Gasteiger partial charge in [-0.15, -0.1) is 0 Å². The highest BCUT2D eigenvalue weighted by molar-refractivity contribution is 6.04. The molecule has 0 atom stereocenters. The third-order valence-electron chi connectivity index (χ3n) is 4.03. The lowest BCUT2D eigenvalue weighted by Gasteiger charge is -2.13. The highest BCUT2D eigenvalue weighted by atomic mass is 16.5. The van der Waals surface area contributed by atoms with Crippen LogP contribution < -0.4 is 20.3 Å². The molecule has 1 aromatic heterocycles. The minimum Gasteiger partial charge on any atom is -0.497 e. The second-order valence-corrected chi connectivity index (χ2v) is 6.18. The van der Waals surface area contributed by atoms with Gasteiger partial charge in [0, 0.05) is 37.4 Å². The van der Waals surface area contributed by atoms with Crippen LogP contribution in [0.1, 0.15) is 10.4 Å². The molecule has 0 saturated carbocycles. The summed E-state index contributed by atoms with van der Waals surface area (Å²) < 4.78 is 5.14. The number of aromatic nitrogens is 1. The van der Waals surface area contributed by atoms with Gasteiger partial charge in [-0.1, -0.05) is 0 Å². The summed E-state index contributed by atoms with van der Waals surface area (Å²) in [5, 5.41) is 6.06. The van der Waals surface area contributed by atoms with Crippen LogP contribution in [0.5, 0.6) is 5.75 Å². The van der Waals surface area contributed by atoms with Gasteiger partial charge < -0.3 is 20.3 Å². The smallest absolute Gasteiger partial charge is 0.257 e. The minimum atomic E-state index is -0.198. The van der Waals surface area contributed by atoms with Gasteiger partial charge in [0.15, 0.2) is 0 Å². The van der Waals surface area contributed by atoms with Crippen LogP contribution in [0.2, 0.25) is 0 Å². The zero-order chi connectivity index (χ0) is 19.2. The molecular formula is C21H22N4O2. The Kier molecular flexibility index (Phi) is 5.56. The first-order valence-electron chi connectivity index (χ1n) is 8.51. The summed E-state index contributed by atoms with van der Waals surface area (Å²) >= 11 is 0. The van der Waals surface area contributed by atoms with Crippen LogP contribution in [-0.2, 0) is 0 Å². The highest BCUT2D eigenvalue weighted by Gasteiger charge is 2.07. The number of rotatable bonds is 6. The van der Waals surface area contributed by atoms with E-state index in [1.807, 2.05) is 67.5 Å². The SMILES string of the molecule is COc1ccc(Nc2ccc(C(=O)Nc3ccc(N(C)C)cc3)cn2)cc1. The van der Waals surface area contributed by atoms with E-state index >= 15 is 0 Å². The van der Waals surface area contributed by atoms with Gasteiger partial charge in [-0.25, -0.2) is 4.98 Å². The summed E-state index contributed by atoms with van der Waals surface area (Å²) in [4.78, 5) is 18.7. The van der Waals surface area contributed by atoms with Crippen molar-refractivity contribution in [3.8, 4) is 5.75 Å². The average molecular weight is 362 g/mol. The van der Waals surface area contributed by atoms with Gasteiger partial charge >= 0.3 is 0 Å². The molecule has 6 heteroatoms. The largest absolute Gasteiger partial charge is 0.497 e. The van der Waals surface area contributed by atoms with E-state index in [1.165, 1.54) is 0 Å². The maximum Gasteiger partial charge on any atom is 0.257 e. The van der Waals surface area contributed by atoms with Crippen molar-refractivity contribution in [3.05, 3.63) is 72.4 Å². The van der Waals surface area contributed by atoms with Crippen molar-refractivity contribution in [2.24, 2.45) is 0 Å². The number of benzene rings is 2. The number of anilines is 4. The molecular weight excluding hydrogens is 340 g/mol. The number of hydrogen-bond donors (Lipinski definition) is 2. The first kappa shape index (κ1) is 18.3. The summed E-state index contributed by atoms with van der Waals surface area (Å²) in [6.07, 6.45) is 1.55. The number of nitrogens with one attached hydrogen (secondary N) is 2. The molecule has 0 aliphatic carbocycles. The molecule has 0 aliphatic heterocycles. The third-order valence-corrected chi connectivity index (χ3v) is 4.03. The Balaban J connectivity index is 1.62. The monoisotopic (exact) mass is 362 g/mol. The molecule has 2 N–H and O–H groups in total. The third kappa shape index (κ3) is 4.76. The van der Waals surface area contributed by atoms with E-state index in [9.17, 15) is 4.79 Å². The lowest BCUT2D eigenvalue weighted by Crippen LogP contribution is -2.13. The van der Waals surface area contributed by atoms with Gasteiger partial charge in [0.05, 0.1) is 12.7 Å². The fourth-order valence-electron chi connectivity index (χ4n) is 2.47. The van der Waals surface area contributed by atoms with Crippen molar-refractivity contribution in [1.29, 1.82) is 0 Å². The van der Waals surface area contributed by atoms with Crippen molar-refractivity contribution in [3.63, 3.8) is 0 Å². The van der Waals surface area contributed by atoms with Crippen LogP contribution >= 0.6 is 0 Å². The summed E-state index contributed by atoms with van der Waals surface area (Å²) in [6.45, 7) is 0. The molecule has 27 heavy (non-hydrogen) atoms. The van der Waals surface area contributed by atoms with E-state index < -0.39 is 0 Å². The van der Waals surface area contributed by atoms with Gasteiger partial charge in [0.1, 0.15) is 11.6 Å². The van der Waals surface area contributed by atoms with Crippen molar-refractivity contribution in [1.82, 2.24) is 4.98 Å². The van der Waals surface area contributed by atoms with Gasteiger partial charge in [0.2, 0.25) is 0 Å².